The normalized spacial score (nSPS) is 17.9. The van der Waals surface area contributed by atoms with E-state index in [2.05, 4.69) is 26.0 Å². The van der Waals surface area contributed by atoms with Crippen LogP contribution in [0.5, 0.6) is 0 Å². The van der Waals surface area contributed by atoms with Crippen molar-refractivity contribution in [2.75, 3.05) is 0 Å². The van der Waals surface area contributed by atoms with E-state index in [9.17, 15) is 0 Å². The Hall–Kier alpha value is -0.940. The number of halogens is 1. The van der Waals surface area contributed by atoms with Crippen molar-refractivity contribution in [3.63, 3.8) is 0 Å². The second kappa shape index (κ2) is 3.53. The summed E-state index contributed by atoms with van der Waals surface area (Å²) in [6.07, 6.45) is 6.06. The first-order valence-electron chi connectivity index (χ1n) is 5.44. The molecular weight excluding hydrogens is 268 g/mol. The van der Waals surface area contributed by atoms with Gasteiger partial charge in [-0.2, -0.15) is 5.10 Å². The minimum Gasteiger partial charge on any atom is -0.325 e. The minimum absolute atomic E-state index is 0.0814. The molecule has 1 aliphatic rings. The van der Waals surface area contributed by atoms with E-state index in [0.29, 0.717) is 0 Å². The maximum Gasteiger partial charge on any atom is 0.156 e. The fourth-order valence-electron chi connectivity index (χ4n) is 1.78. The fourth-order valence-corrected chi connectivity index (χ4v) is 2.10. The SMILES string of the molecule is NC1(CCc2nc3cc(Br)ccn3n2)CC1. The zero-order chi connectivity index (χ0) is 11.2. The number of nitrogens with zero attached hydrogens (tertiary/aromatic N) is 3. The molecule has 0 radical (unpaired) electrons. The Morgan fingerprint density at radius 1 is 1.50 bits per heavy atom. The van der Waals surface area contributed by atoms with Crippen LogP contribution in [0.3, 0.4) is 0 Å². The van der Waals surface area contributed by atoms with Gasteiger partial charge < -0.3 is 5.73 Å². The Balaban J connectivity index is 1.82. The van der Waals surface area contributed by atoms with E-state index in [1.54, 1.807) is 4.52 Å². The van der Waals surface area contributed by atoms with Gasteiger partial charge in [0.25, 0.3) is 0 Å². The second-order valence-corrected chi connectivity index (χ2v) is 5.45. The molecule has 1 aliphatic carbocycles. The van der Waals surface area contributed by atoms with Crippen LogP contribution in [0.15, 0.2) is 22.8 Å². The predicted molar refractivity (Wildman–Crippen MR) is 65.2 cm³/mol. The fraction of sp³-hybridized carbons (Fsp3) is 0.455. The van der Waals surface area contributed by atoms with Crippen molar-refractivity contribution in [1.82, 2.24) is 14.6 Å². The van der Waals surface area contributed by atoms with Crippen LogP contribution in [-0.2, 0) is 6.42 Å². The van der Waals surface area contributed by atoms with Crippen molar-refractivity contribution in [3.05, 3.63) is 28.6 Å². The molecular formula is C11H13BrN4. The van der Waals surface area contributed by atoms with Crippen molar-refractivity contribution >= 4 is 21.6 Å². The van der Waals surface area contributed by atoms with Gasteiger partial charge in [-0.3, -0.25) is 0 Å². The molecule has 2 N–H and O–H groups in total. The zero-order valence-electron chi connectivity index (χ0n) is 8.86. The van der Waals surface area contributed by atoms with Crippen LogP contribution >= 0.6 is 15.9 Å². The lowest BCUT2D eigenvalue weighted by Gasteiger charge is -2.04. The molecule has 0 aliphatic heterocycles. The van der Waals surface area contributed by atoms with Gasteiger partial charge in [0.2, 0.25) is 0 Å². The molecule has 2 aromatic rings. The third-order valence-corrected chi connectivity index (χ3v) is 3.58. The van der Waals surface area contributed by atoms with E-state index in [4.69, 9.17) is 5.73 Å². The third kappa shape index (κ3) is 1.97. The highest BCUT2D eigenvalue weighted by Crippen LogP contribution is 2.36. The maximum atomic E-state index is 6.04. The van der Waals surface area contributed by atoms with Crippen molar-refractivity contribution in [2.24, 2.45) is 5.73 Å². The van der Waals surface area contributed by atoms with Crippen LogP contribution in [-0.4, -0.2) is 20.1 Å². The van der Waals surface area contributed by atoms with Gasteiger partial charge in [0.15, 0.2) is 11.5 Å². The molecule has 5 heteroatoms. The highest BCUT2D eigenvalue weighted by molar-refractivity contribution is 9.10. The molecule has 0 saturated heterocycles. The maximum absolute atomic E-state index is 6.04. The Morgan fingerprint density at radius 2 is 2.31 bits per heavy atom. The van der Waals surface area contributed by atoms with Crippen molar-refractivity contribution in [3.8, 4) is 0 Å². The highest BCUT2D eigenvalue weighted by atomic mass is 79.9. The van der Waals surface area contributed by atoms with Gasteiger partial charge in [0, 0.05) is 22.6 Å². The highest BCUT2D eigenvalue weighted by Gasteiger charge is 2.37. The van der Waals surface area contributed by atoms with Gasteiger partial charge in [0.05, 0.1) is 0 Å². The van der Waals surface area contributed by atoms with E-state index < -0.39 is 0 Å². The lowest BCUT2D eigenvalue weighted by Crippen LogP contribution is -2.22. The summed E-state index contributed by atoms with van der Waals surface area (Å²) < 4.78 is 2.83. The van der Waals surface area contributed by atoms with E-state index in [1.807, 2.05) is 18.3 Å². The number of fused-ring (bicyclic) bond motifs is 1. The summed E-state index contributed by atoms with van der Waals surface area (Å²) in [7, 11) is 0. The summed E-state index contributed by atoms with van der Waals surface area (Å²) in [6.45, 7) is 0. The lowest BCUT2D eigenvalue weighted by atomic mass is 10.1. The largest absolute Gasteiger partial charge is 0.325 e. The Labute approximate surface area is 102 Å². The quantitative estimate of drug-likeness (QED) is 0.935. The first kappa shape index (κ1) is 10.2. The summed E-state index contributed by atoms with van der Waals surface area (Å²) in [5.41, 5.74) is 7.01. The second-order valence-electron chi connectivity index (χ2n) is 4.54. The van der Waals surface area contributed by atoms with Gasteiger partial charge in [-0.25, -0.2) is 9.50 Å². The lowest BCUT2D eigenvalue weighted by molar-refractivity contribution is 0.595. The molecule has 16 heavy (non-hydrogen) atoms. The first-order chi connectivity index (χ1) is 7.65. The van der Waals surface area contributed by atoms with Gasteiger partial charge in [-0.1, -0.05) is 15.9 Å². The zero-order valence-corrected chi connectivity index (χ0v) is 10.4. The van der Waals surface area contributed by atoms with E-state index in [-0.39, 0.29) is 5.54 Å². The number of aromatic nitrogens is 3. The van der Waals surface area contributed by atoms with Gasteiger partial charge in [-0.05, 0) is 31.4 Å². The molecule has 2 aromatic heterocycles. The summed E-state index contributed by atoms with van der Waals surface area (Å²) in [5, 5.41) is 4.41. The van der Waals surface area contributed by atoms with Crippen molar-refractivity contribution in [2.45, 2.75) is 31.2 Å². The molecule has 0 bridgehead atoms. The standard InChI is InChI=1S/C11H13BrN4/c12-8-2-6-16-10(7-8)14-9(15-16)1-3-11(13)4-5-11/h2,6-7H,1,3-5,13H2. The van der Waals surface area contributed by atoms with E-state index in [0.717, 1.165) is 41.6 Å². The minimum atomic E-state index is 0.0814. The molecule has 1 saturated carbocycles. The smallest absolute Gasteiger partial charge is 0.156 e. The number of pyridine rings is 1. The Morgan fingerprint density at radius 3 is 3.06 bits per heavy atom. The van der Waals surface area contributed by atoms with Gasteiger partial charge in [0.1, 0.15) is 0 Å². The number of aryl methyl sites for hydroxylation is 1. The van der Waals surface area contributed by atoms with Gasteiger partial charge in [-0.15, -0.1) is 0 Å². The summed E-state index contributed by atoms with van der Waals surface area (Å²) in [6, 6.07) is 3.92. The molecule has 1 fully saturated rings. The molecule has 3 rings (SSSR count). The molecule has 0 spiro atoms. The van der Waals surface area contributed by atoms with Crippen molar-refractivity contribution < 1.29 is 0 Å². The summed E-state index contributed by atoms with van der Waals surface area (Å²) >= 11 is 3.42. The number of rotatable bonds is 3. The summed E-state index contributed by atoms with van der Waals surface area (Å²) in [5.74, 6) is 0.884. The van der Waals surface area contributed by atoms with Crippen LogP contribution in [0.25, 0.3) is 5.65 Å². The third-order valence-electron chi connectivity index (χ3n) is 3.08. The summed E-state index contributed by atoms with van der Waals surface area (Å²) in [4.78, 5) is 4.47. The predicted octanol–water partition coefficient (Wildman–Crippen LogP) is 1.92. The molecule has 2 heterocycles. The van der Waals surface area contributed by atoms with Crippen LogP contribution in [0.2, 0.25) is 0 Å². The Kier molecular flexibility index (Phi) is 2.26. The number of nitrogens with two attached hydrogens (primary N) is 1. The number of hydrogen-bond acceptors (Lipinski definition) is 3. The van der Waals surface area contributed by atoms with Crippen LogP contribution in [0.1, 0.15) is 25.1 Å². The molecule has 4 nitrogen and oxygen atoms in total. The molecule has 0 unspecified atom stereocenters. The van der Waals surface area contributed by atoms with E-state index >= 15 is 0 Å². The monoisotopic (exact) mass is 280 g/mol. The molecule has 84 valence electrons. The molecule has 0 amide bonds. The topological polar surface area (TPSA) is 56.2 Å². The first-order valence-corrected chi connectivity index (χ1v) is 6.24. The van der Waals surface area contributed by atoms with E-state index in [1.165, 1.54) is 0 Å². The average Bonchev–Trinajstić information content (AvgIpc) is 2.85. The van der Waals surface area contributed by atoms with Crippen LogP contribution in [0.4, 0.5) is 0 Å². The van der Waals surface area contributed by atoms with Crippen LogP contribution in [0, 0.1) is 0 Å². The molecule has 0 atom stereocenters. The van der Waals surface area contributed by atoms with Gasteiger partial charge >= 0.3 is 0 Å². The van der Waals surface area contributed by atoms with Crippen molar-refractivity contribution in [1.29, 1.82) is 0 Å². The number of hydrogen-bond donors (Lipinski definition) is 1. The molecule has 0 aromatic carbocycles. The Bertz CT molecular complexity index is 530. The van der Waals surface area contributed by atoms with Crippen LogP contribution < -0.4 is 5.73 Å². The average molecular weight is 281 g/mol.